The molecule has 2 aromatic carbocycles. The van der Waals surface area contributed by atoms with Crippen LogP contribution >= 0.6 is 11.6 Å². The van der Waals surface area contributed by atoms with Crippen LogP contribution in [0.3, 0.4) is 0 Å². The Labute approximate surface area is 124 Å². The van der Waals surface area contributed by atoms with Crippen LogP contribution < -0.4 is 10.6 Å². The number of anilines is 1. The number of amides is 1. The standard InChI is InChI=1S/C16H17ClN2O/c1-11(12-6-5-7-13(17)10-12)19-16(20)14-8-3-4-9-15(14)18-2/h3-11,18H,1-2H3,(H,19,20)/t11-/m1/s1. The number of benzene rings is 2. The maximum Gasteiger partial charge on any atom is 0.253 e. The second-order valence-corrected chi connectivity index (χ2v) is 4.98. The molecule has 0 aliphatic heterocycles. The fraction of sp³-hybridized carbons (Fsp3) is 0.188. The Morgan fingerprint density at radius 1 is 1.15 bits per heavy atom. The van der Waals surface area contributed by atoms with Gasteiger partial charge in [0, 0.05) is 17.8 Å². The van der Waals surface area contributed by atoms with E-state index in [1.807, 2.05) is 49.4 Å². The highest BCUT2D eigenvalue weighted by Gasteiger charge is 2.14. The summed E-state index contributed by atoms with van der Waals surface area (Å²) in [7, 11) is 1.80. The van der Waals surface area contributed by atoms with Crippen LogP contribution in [-0.4, -0.2) is 13.0 Å². The van der Waals surface area contributed by atoms with Gasteiger partial charge in [-0.25, -0.2) is 0 Å². The van der Waals surface area contributed by atoms with E-state index in [0.29, 0.717) is 10.6 Å². The largest absolute Gasteiger partial charge is 0.387 e. The summed E-state index contributed by atoms with van der Waals surface area (Å²) in [5, 5.41) is 6.66. The number of carbonyl (C=O) groups is 1. The normalized spacial score (nSPS) is 11.8. The number of hydrogen-bond acceptors (Lipinski definition) is 2. The highest BCUT2D eigenvalue weighted by atomic mass is 35.5. The zero-order valence-corrected chi connectivity index (χ0v) is 12.2. The molecule has 0 fully saturated rings. The minimum Gasteiger partial charge on any atom is -0.387 e. The molecular formula is C16H17ClN2O. The maximum absolute atomic E-state index is 12.3. The van der Waals surface area contributed by atoms with E-state index >= 15 is 0 Å². The van der Waals surface area contributed by atoms with E-state index in [1.54, 1.807) is 13.1 Å². The van der Waals surface area contributed by atoms with Gasteiger partial charge in [-0.2, -0.15) is 0 Å². The summed E-state index contributed by atoms with van der Waals surface area (Å²) in [6, 6.07) is 14.8. The molecule has 2 rings (SSSR count). The molecule has 2 N–H and O–H groups in total. The summed E-state index contributed by atoms with van der Waals surface area (Å²) in [6.07, 6.45) is 0. The van der Waals surface area contributed by atoms with Crippen LogP contribution in [0.1, 0.15) is 28.9 Å². The zero-order valence-electron chi connectivity index (χ0n) is 11.5. The van der Waals surface area contributed by atoms with Gasteiger partial charge in [0.05, 0.1) is 11.6 Å². The van der Waals surface area contributed by atoms with Gasteiger partial charge in [-0.05, 0) is 36.8 Å². The van der Waals surface area contributed by atoms with E-state index in [4.69, 9.17) is 11.6 Å². The van der Waals surface area contributed by atoms with Crippen LogP contribution in [0, 0.1) is 0 Å². The smallest absolute Gasteiger partial charge is 0.253 e. The highest BCUT2D eigenvalue weighted by molar-refractivity contribution is 6.30. The van der Waals surface area contributed by atoms with E-state index in [1.165, 1.54) is 0 Å². The van der Waals surface area contributed by atoms with E-state index in [-0.39, 0.29) is 11.9 Å². The molecule has 0 saturated heterocycles. The summed E-state index contributed by atoms with van der Waals surface area (Å²) in [5.41, 5.74) is 2.42. The molecular weight excluding hydrogens is 272 g/mol. The third-order valence-electron chi connectivity index (χ3n) is 3.14. The Hall–Kier alpha value is -2.00. The SMILES string of the molecule is CNc1ccccc1C(=O)N[C@H](C)c1cccc(Cl)c1. The molecule has 20 heavy (non-hydrogen) atoms. The summed E-state index contributed by atoms with van der Waals surface area (Å²) in [5.74, 6) is -0.109. The van der Waals surface area contributed by atoms with Crippen LogP contribution in [0.2, 0.25) is 5.02 Å². The lowest BCUT2D eigenvalue weighted by Gasteiger charge is -2.16. The van der Waals surface area contributed by atoms with Crippen molar-refractivity contribution in [3.63, 3.8) is 0 Å². The fourth-order valence-corrected chi connectivity index (χ4v) is 2.23. The first-order valence-corrected chi connectivity index (χ1v) is 6.82. The van der Waals surface area contributed by atoms with Crippen LogP contribution in [0.5, 0.6) is 0 Å². The Balaban J connectivity index is 2.15. The Kier molecular flexibility index (Phi) is 4.64. The predicted molar refractivity (Wildman–Crippen MR) is 83.3 cm³/mol. The predicted octanol–water partition coefficient (Wildman–Crippen LogP) is 3.87. The molecule has 2 aromatic rings. The van der Waals surface area contributed by atoms with Gasteiger partial charge < -0.3 is 10.6 Å². The maximum atomic E-state index is 12.3. The van der Waals surface area contributed by atoms with E-state index in [0.717, 1.165) is 11.3 Å². The monoisotopic (exact) mass is 288 g/mol. The number of rotatable bonds is 4. The summed E-state index contributed by atoms with van der Waals surface area (Å²) >= 11 is 5.97. The van der Waals surface area contributed by atoms with Gasteiger partial charge in [-0.1, -0.05) is 35.9 Å². The Bertz CT molecular complexity index is 613. The van der Waals surface area contributed by atoms with Gasteiger partial charge in [0.1, 0.15) is 0 Å². The second kappa shape index (κ2) is 6.44. The van der Waals surface area contributed by atoms with Crippen molar-refractivity contribution >= 4 is 23.2 Å². The molecule has 1 amide bonds. The van der Waals surface area contributed by atoms with Gasteiger partial charge in [0.25, 0.3) is 5.91 Å². The van der Waals surface area contributed by atoms with Crippen molar-refractivity contribution in [3.05, 3.63) is 64.7 Å². The van der Waals surface area contributed by atoms with Crippen molar-refractivity contribution in [2.45, 2.75) is 13.0 Å². The molecule has 0 radical (unpaired) electrons. The Morgan fingerprint density at radius 2 is 1.90 bits per heavy atom. The third-order valence-corrected chi connectivity index (χ3v) is 3.37. The van der Waals surface area contributed by atoms with Crippen molar-refractivity contribution in [3.8, 4) is 0 Å². The first-order valence-electron chi connectivity index (χ1n) is 6.45. The molecule has 1 atom stereocenters. The molecule has 0 saturated carbocycles. The van der Waals surface area contributed by atoms with Gasteiger partial charge in [0.15, 0.2) is 0 Å². The minimum absolute atomic E-state index is 0.105. The van der Waals surface area contributed by atoms with Crippen molar-refractivity contribution in [1.82, 2.24) is 5.32 Å². The lowest BCUT2D eigenvalue weighted by molar-refractivity contribution is 0.0940. The first-order chi connectivity index (χ1) is 9.61. The molecule has 3 nitrogen and oxygen atoms in total. The summed E-state index contributed by atoms with van der Waals surface area (Å²) < 4.78 is 0. The second-order valence-electron chi connectivity index (χ2n) is 4.55. The fourth-order valence-electron chi connectivity index (χ4n) is 2.03. The number of halogens is 1. The average Bonchev–Trinajstić information content (AvgIpc) is 2.47. The van der Waals surface area contributed by atoms with Crippen molar-refractivity contribution in [1.29, 1.82) is 0 Å². The van der Waals surface area contributed by atoms with Gasteiger partial charge in [-0.15, -0.1) is 0 Å². The first kappa shape index (κ1) is 14.4. The van der Waals surface area contributed by atoms with Crippen molar-refractivity contribution < 1.29 is 4.79 Å². The van der Waals surface area contributed by atoms with Crippen LogP contribution in [-0.2, 0) is 0 Å². The van der Waals surface area contributed by atoms with Gasteiger partial charge in [-0.3, -0.25) is 4.79 Å². The quantitative estimate of drug-likeness (QED) is 0.896. The Morgan fingerprint density at radius 3 is 2.60 bits per heavy atom. The van der Waals surface area contributed by atoms with Crippen LogP contribution in [0.15, 0.2) is 48.5 Å². The third kappa shape index (κ3) is 3.31. The number of carbonyl (C=O) groups excluding carboxylic acids is 1. The molecule has 0 aliphatic carbocycles. The highest BCUT2D eigenvalue weighted by Crippen LogP contribution is 2.19. The number of hydrogen-bond donors (Lipinski definition) is 2. The van der Waals surface area contributed by atoms with Gasteiger partial charge in [0.2, 0.25) is 0 Å². The van der Waals surface area contributed by atoms with E-state index < -0.39 is 0 Å². The molecule has 0 aliphatic rings. The van der Waals surface area contributed by atoms with Crippen LogP contribution in [0.4, 0.5) is 5.69 Å². The zero-order chi connectivity index (χ0) is 14.5. The van der Waals surface area contributed by atoms with E-state index in [2.05, 4.69) is 10.6 Å². The molecule has 104 valence electrons. The molecule has 4 heteroatoms. The molecule has 0 spiro atoms. The number of nitrogens with one attached hydrogen (secondary N) is 2. The average molecular weight is 289 g/mol. The van der Waals surface area contributed by atoms with Crippen molar-refractivity contribution in [2.75, 3.05) is 12.4 Å². The summed E-state index contributed by atoms with van der Waals surface area (Å²) in [6.45, 7) is 1.94. The minimum atomic E-state index is -0.109. The lowest BCUT2D eigenvalue weighted by Crippen LogP contribution is -2.27. The molecule has 0 unspecified atom stereocenters. The topological polar surface area (TPSA) is 41.1 Å². The van der Waals surface area contributed by atoms with Crippen LogP contribution in [0.25, 0.3) is 0 Å². The van der Waals surface area contributed by atoms with E-state index in [9.17, 15) is 4.79 Å². The van der Waals surface area contributed by atoms with Gasteiger partial charge >= 0.3 is 0 Å². The molecule has 0 aromatic heterocycles. The molecule has 0 heterocycles. The lowest BCUT2D eigenvalue weighted by atomic mass is 10.1. The summed E-state index contributed by atoms with van der Waals surface area (Å²) in [4.78, 5) is 12.3. The van der Waals surface area contributed by atoms with Crippen molar-refractivity contribution in [2.24, 2.45) is 0 Å². The molecule has 0 bridgehead atoms. The number of para-hydroxylation sites is 1.